The third-order valence-corrected chi connectivity index (χ3v) is 5.74. The van der Waals surface area contributed by atoms with Gasteiger partial charge in [0.2, 0.25) is 5.91 Å². The summed E-state index contributed by atoms with van der Waals surface area (Å²) in [5.74, 6) is -0.426. The Kier molecular flexibility index (Phi) is 9.16. The Morgan fingerprint density at radius 3 is 2.04 bits per heavy atom. The summed E-state index contributed by atoms with van der Waals surface area (Å²) in [5, 5.41) is -0.143. The summed E-state index contributed by atoms with van der Waals surface area (Å²) >= 11 is 2.15. The lowest BCUT2D eigenvalue weighted by Gasteiger charge is -2.37. The normalized spacial score (nSPS) is 17.9. The van der Waals surface area contributed by atoms with Gasteiger partial charge in [-0.15, -0.1) is 0 Å². The van der Waals surface area contributed by atoms with Crippen molar-refractivity contribution in [3.05, 3.63) is 0 Å². The van der Waals surface area contributed by atoms with E-state index in [9.17, 15) is 19.2 Å². The molecule has 0 aliphatic carbocycles. The molecule has 0 bridgehead atoms. The van der Waals surface area contributed by atoms with Crippen molar-refractivity contribution in [1.82, 2.24) is 4.90 Å². The average Bonchev–Trinajstić information content (AvgIpc) is 2.52. The minimum atomic E-state index is -0.613. The molecule has 0 spiro atoms. The molecule has 1 amide bonds. The fourth-order valence-corrected chi connectivity index (χ4v) is 4.21. The number of likely N-dealkylation sites (tertiary alicyclic amines) is 1. The van der Waals surface area contributed by atoms with Crippen LogP contribution < -0.4 is 0 Å². The van der Waals surface area contributed by atoms with E-state index in [4.69, 9.17) is 4.74 Å². The molecule has 1 saturated heterocycles. The van der Waals surface area contributed by atoms with E-state index in [-0.39, 0.29) is 22.1 Å². The van der Waals surface area contributed by atoms with Crippen LogP contribution >= 0.6 is 23.5 Å². The first-order chi connectivity index (χ1) is 12.0. The third-order valence-electron chi connectivity index (χ3n) is 3.79. The number of ether oxygens (including phenoxy) is 1. The monoisotopic (exact) mass is 403 g/mol. The van der Waals surface area contributed by atoms with E-state index in [2.05, 4.69) is 0 Å². The Bertz CT molecular complexity index is 526. The van der Waals surface area contributed by atoms with E-state index in [1.807, 2.05) is 0 Å². The SMILES string of the molecule is CC(=O)SCC(CSC(C)=O)C(=O)N1CCCCC1C(=O)OC(C)(C)C. The van der Waals surface area contributed by atoms with Crippen molar-refractivity contribution in [3.8, 4) is 0 Å². The molecule has 1 aliphatic rings. The van der Waals surface area contributed by atoms with E-state index in [0.29, 0.717) is 24.5 Å². The van der Waals surface area contributed by atoms with Crippen molar-refractivity contribution in [1.29, 1.82) is 0 Å². The largest absolute Gasteiger partial charge is 0.458 e. The van der Waals surface area contributed by atoms with Crippen molar-refractivity contribution in [2.75, 3.05) is 18.1 Å². The number of carbonyl (C=O) groups is 4. The zero-order valence-corrected chi connectivity index (χ0v) is 17.8. The van der Waals surface area contributed by atoms with Crippen molar-refractivity contribution >= 4 is 45.6 Å². The summed E-state index contributed by atoms with van der Waals surface area (Å²) in [7, 11) is 0. The minimum absolute atomic E-state index is 0.0713. The highest BCUT2D eigenvalue weighted by molar-refractivity contribution is 8.14. The molecule has 0 radical (unpaired) electrons. The molecule has 0 aromatic heterocycles. The van der Waals surface area contributed by atoms with Gasteiger partial charge in [0, 0.05) is 31.9 Å². The molecule has 1 atom stereocenters. The number of thioether (sulfide) groups is 2. The Labute approximate surface area is 164 Å². The summed E-state index contributed by atoms with van der Waals surface area (Å²) in [6, 6.07) is -0.595. The number of amides is 1. The lowest BCUT2D eigenvalue weighted by Crippen LogP contribution is -2.52. The lowest BCUT2D eigenvalue weighted by atomic mass is 9.99. The number of piperidine rings is 1. The van der Waals surface area contributed by atoms with Gasteiger partial charge in [0.25, 0.3) is 0 Å². The minimum Gasteiger partial charge on any atom is -0.458 e. The van der Waals surface area contributed by atoms with Gasteiger partial charge in [0.1, 0.15) is 11.6 Å². The molecule has 0 saturated carbocycles. The van der Waals surface area contributed by atoms with Crippen LogP contribution in [0.3, 0.4) is 0 Å². The van der Waals surface area contributed by atoms with Crippen molar-refractivity contribution in [3.63, 3.8) is 0 Å². The van der Waals surface area contributed by atoms with Gasteiger partial charge in [-0.1, -0.05) is 23.5 Å². The molecule has 1 rings (SSSR count). The van der Waals surface area contributed by atoms with Gasteiger partial charge < -0.3 is 9.64 Å². The number of carbonyl (C=O) groups excluding carboxylic acids is 4. The maximum absolute atomic E-state index is 13.1. The fourth-order valence-electron chi connectivity index (χ4n) is 2.67. The number of nitrogens with zero attached hydrogens (tertiary/aromatic N) is 1. The predicted octanol–water partition coefficient (Wildman–Crippen LogP) is 2.88. The van der Waals surface area contributed by atoms with Crippen LogP contribution in [0.4, 0.5) is 0 Å². The molecule has 1 fully saturated rings. The Balaban J connectivity index is 2.90. The maximum atomic E-state index is 13.1. The van der Waals surface area contributed by atoms with Gasteiger partial charge in [-0.05, 0) is 40.0 Å². The van der Waals surface area contributed by atoms with Gasteiger partial charge in [-0.3, -0.25) is 14.4 Å². The molecule has 8 heteroatoms. The standard InChI is InChI=1S/C18H29NO5S2/c1-12(20)25-10-14(11-26-13(2)21)16(22)19-9-7-6-8-15(19)17(23)24-18(3,4)5/h14-15H,6-11H2,1-5H3. The van der Waals surface area contributed by atoms with Crippen molar-refractivity contribution in [2.24, 2.45) is 5.92 Å². The highest BCUT2D eigenvalue weighted by atomic mass is 32.2. The molecule has 0 aromatic rings. The molecule has 26 heavy (non-hydrogen) atoms. The summed E-state index contributed by atoms with van der Waals surface area (Å²) < 4.78 is 5.48. The quantitative estimate of drug-likeness (QED) is 0.631. The number of rotatable bonds is 6. The van der Waals surface area contributed by atoms with E-state index in [1.165, 1.54) is 13.8 Å². The number of hydrogen-bond acceptors (Lipinski definition) is 7. The smallest absolute Gasteiger partial charge is 0.329 e. The molecule has 148 valence electrons. The second-order valence-corrected chi connectivity index (χ2v) is 9.77. The molecule has 0 N–H and O–H groups in total. The van der Waals surface area contributed by atoms with Crippen molar-refractivity contribution in [2.45, 2.75) is 65.5 Å². The van der Waals surface area contributed by atoms with Crippen LogP contribution in [0.1, 0.15) is 53.9 Å². The zero-order chi connectivity index (χ0) is 19.9. The van der Waals surface area contributed by atoms with Gasteiger partial charge in [-0.25, -0.2) is 4.79 Å². The first-order valence-electron chi connectivity index (χ1n) is 8.81. The molecule has 1 aliphatic heterocycles. The van der Waals surface area contributed by atoms with E-state index < -0.39 is 17.6 Å². The van der Waals surface area contributed by atoms with Crippen LogP contribution in [0.2, 0.25) is 0 Å². The maximum Gasteiger partial charge on any atom is 0.329 e. The topological polar surface area (TPSA) is 80.8 Å². The van der Waals surface area contributed by atoms with Crippen LogP contribution in [0, 0.1) is 5.92 Å². The van der Waals surface area contributed by atoms with Gasteiger partial charge in [-0.2, -0.15) is 0 Å². The molecular formula is C18H29NO5S2. The van der Waals surface area contributed by atoms with Gasteiger partial charge >= 0.3 is 5.97 Å². The molecule has 6 nitrogen and oxygen atoms in total. The van der Waals surface area contributed by atoms with E-state index >= 15 is 0 Å². The average molecular weight is 404 g/mol. The fraction of sp³-hybridized carbons (Fsp3) is 0.778. The van der Waals surface area contributed by atoms with E-state index in [0.717, 1.165) is 36.4 Å². The summed E-state index contributed by atoms with van der Waals surface area (Å²) in [6.45, 7) is 8.80. The predicted molar refractivity (Wildman–Crippen MR) is 105 cm³/mol. The third kappa shape index (κ3) is 8.12. The molecule has 1 unspecified atom stereocenters. The summed E-state index contributed by atoms with van der Waals surface area (Å²) in [4.78, 5) is 49.8. The van der Waals surface area contributed by atoms with Crippen LogP contribution in [-0.2, 0) is 23.9 Å². The Morgan fingerprint density at radius 1 is 1.04 bits per heavy atom. The van der Waals surface area contributed by atoms with Crippen LogP contribution in [0.5, 0.6) is 0 Å². The Hall–Kier alpha value is -1.02. The number of esters is 1. The second-order valence-electron chi connectivity index (χ2n) is 7.38. The highest BCUT2D eigenvalue weighted by Crippen LogP contribution is 2.25. The second kappa shape index (κ2) is 10.3. The zero-order valence-electron chi connectivity index (χ0n) is 16.2. The van der Waals surface area contributed by atoms with Gasteiger partial charge in [0.05, 0.1) is 5.92 Å². The highest BCUT2D eigenvalue weighted by Gasteiger charge is 2.37. The van der Waals surface area contributed by atoms with Crippen LogP contribution in [0.25, 0.3) is 0 Å². The summed E-state index contributed by atoms with van der Waals surface area (Å²) in [5.41, 5.74) is -0.613. The first kappa shape index (κ1) is 23.0. The van der Waals surface area contributed by atoms with Crippen LogP contribution in [0.15, 0.2) is 0 Å². The molecule has 1 heterocycles. The molecule has 0 aromatic carbocycles. The molecular weight excluding hydrogens is 374 g/mol. The first-order valence-corrected chi connectivity index (χ1v) is 10.8. The van der Waals surface area contributed by atoms with E-state index in [1.54, 1.807) is 25.7 Å². The van der Waals surface area contributed by atoms with Gasteiger partial charge in [0.15, 0.2) is 10.2 Å². The Morgan fingerprint density at radius 2 is 1.58 bits per heavy atom. The summed E-state index contributed by atoms with van der Waals surface area (Å²) in [6.07, 6.45) is 2.27. The van der Waals surface area contributed by atoms with Crippen LogP contribution in [-0.4, -0.2) is 56.7 Å². The van der Waals surface area contributed by atoms with Crippen molar-refractivity contribution < 1.29 is 23.9 Å². The number of hydrogen-bond donors (Lipinski definition) is 0. The lowest BCUT2D eigenvalue weighted by molar-refractivity contribution is -0.167.